The number of carbonyl (C=O) groups is 1. The highest BCUT2D eigenvalue weighted by Gasteiger charge is 2.23. The fourth-order valence-corrected chi connectivity index (χ4v) is 3.39. The summed E-state index contributed by atoms with van der Waals surface area (Å²) in [7, 11) is 0. The first-order valence-electron chi connectivity index (χ1n) is 9.83. The summed E-state index contributed by atoms with van der Waals surface area (Å²) in [6.45, 7) is 6.34. The Morgan fingerprint density at radius 3 is 2.40 bits per heavy atom. The Morgan fingerprint density at radius 2 is 1.70 bits per heavy atom. The SMILES string of the molecule is Cc1cc(C(=O)O[C@H](C)c2nnc(-c3ccccc3)o2)c(C)n1Cc1ccccc1. The van der Waals surface area contributed by atoms with Crippen LogP contribution in [-0.4, -0.2) is 20.7 Å². The predicted octanol–water partition coefficient (Wildman–Crippen LogP) is 5.12. The average molecular weight is 401 g/mol. The summed E-state index contributed by atoms with van der Waals surface area (Å²) < 4.78 is 13.4. The summed E-state index contributed by atoms with van der Waals surface area (Å²) in [4.78, 5) is 12.8. The maximum Gasteiger partial charge on any atom is 0.340 e. The Hall–Kier alpha value is -3.67. The molecular formula is C24H23N3O3. The summed E-state index contributed by atoms with van der Waals surface area (Å²) in [6.07, 6.45) is -0.653. The van der Waals surface area contributed by atoms with Crippen molar-refractivity contribution in [3.05, 3.63) is 95.1 Å². The zero-order chi connectivity index (χ0) is 21.1. The minimum Gasteiger partial charge on any atom is -0.449 e. The first-order valence-corrected chi connectivity index (χ1v) is 9.83. The second-order valence-electron chi connectivity index (χ2n) is 7.22. The Morgan fingerprint density at radius 1 is 1.03 bits per heavy atom. The van der Waals surface area contributed by atoms with E-state index in [2.05, 4.69) is 26.9 Å². The topological polar surface area (TPSA) is 70.2 Å². The van der Waals surface area contributed by atoms with Crippen molar-refractivity contribution in [1.82, 2.24) is 14.8 Å². The third-order valence-corrected chi connectivity index (χ3v) is 5.07. The van der Waals surface area contributed by atoms with E-state index >= 15 is 0 Å². The van der Waals surface area contributed by atoms with Gasteiger partial charge >= 0.3 is 5.97 Å². The summed E-state index contributed by atoms with van der Waals surface area (Å²) in [5.74, 6) is 0.254. The van der Waals surface area contributed by atoms with Crippen LogP contribution in [0, 0.1) is 13.8 Å². The van der Waals surface area contributed by atoms with Crippen LogP contribution in [0.2, 0.25) is 0 Å². The van der Waals surface area contributed by atoms with Crippen molar-refractivity contribution in [1.29, 1.82) is 0 Å². The number of hydrogen-bond donors (Lipinski definition) is 0. The lowest BCUT2D eigenvalue weighted by Crippen LogP contribution is -2.11. The molecule has 2 heterocycles. The van der Waals surface area contributed by atoms with Gasteiger partial charge in [0.15, 0.2) is 6.10 Å². The molecule has 4 rings (SSSR count). The van der Waals surface area contributed by atoms with Crippen LogP contribution in [0.4, 0.5) is 0 Å². The highest BCUT2D eigenvalue weighted by molar-refractivity contribution is 5.91. The number of hydrogen-bond acceptors (Lipinski definition) is 5. The second-order valence-corrected chi connectivity index (χ2v) is 7.22. The molecule has 0 saturated heterocycles. The van der Waals surface area contributed by atoms with Gasteiger partial charge in [-0.1, -0.05) is 48.5 Å². The molecule has 0 fully saturated rings. The van der Waals surface area contributed by atoms with Crippen molar-refractivity contribution in [3.63, 3.8) is 0 Å². The maximum absolute atomic E-state index is 12.8. The largest absolute Gasteiger partial charge is 0.449 e. The molecular weight excluding hydrogens is 378 g/mol. The van der Waals surface area contributed by atoms with E-state index in [1.807, 2.05) is 68.4 Å². The van der Waals surface area contributed by atoms with Crippen molar-refractivity contribution in [2.24, 2.45) is 0 Å². The van der Waals surface area contributed by atoms with Gasteiger partial charge in [0.25, 0.3) is 5.89 Å². The van der Waals surface area contributed by atoms with E-state index < -0.39 is 12.1 Å². The highest BCUT2D eigenvalue weighted by atomic mass is 16.6. The van der Waals surface area contributed by atoms with E-state index in [-0.39, 0.29) is 5.89 Å². The van der Waals surface area contributed by atoms with Gasteiger partial charge in [0.2, 0.25) is 5.89 Å². The van der Waals surface area contributed by atoms with Crippen LogP contribution in [0.1, 0.15) is 46.2 Å². The van der Waals surface area contributed by atoms with Gasteiger partial charge in [0.05, 0.1) is 5.56 Å². The number of carbonyl (C=O) groups excluding carboxylic acids is 1. The van der Waals surface area contributed by atoms with Crippen LogP contribution < -0.4 is 0 Å². The fraction of sp³-hybridized carbons (Fsp3) is 0.208. The molecule has 4 aromatic rings. The van der Waals surface area contributed by atoms with Crippen LogP contribution in [0.5, 0.6) is 0 Å². The lowest BCUT2D eigenvalue weighted by Gasteiger charge is -2.11. The minimum atomic E-state index is -0.653. The smallest absolute Gasteiger partial charge is 0.340 e. The third kappa shape index (κ3) is 4.03. The molecule has 0 aliphatic carbocycles. The monoisotopic (exact) mass is 401 g/mol. The molecule has 0 radical (unpaired) electrons. The van der Waals surface area contributed by atoms with E-state index in [0.717, 1.165) is 17.0 Å². The first kappa shape index (κ1) is 19.6. The number of ether oxygens (including phenoxy) is 1. The lowest BCUT2D eigenvalue weighted by atomic mass is 10.2. The molecule has 0 saturated carbocycles. The van der Waals surface area contributed by atoms with Gasteiger partial charge in [-0.15, -0.1) is 10.2 Å². The molecule has 0 amide bonds. The number of esters is 1. The molecule has 152 valence electrons. The molecule has 0 aliphatic heterocycles. The highest BCUT2D eigenvalue weighted by Crippen LogP contribution is 2.24. The van der Waals surface area contributed by atoms with Gasteiger partial charge in [-0.05, 0) is 44.5 Å². The molecule has 0 aliphatic rings. The van der Waals surface area contributed by atoms with Crippen molar-refractivity contribution in [3.8, 4) is 11.5 Å². The van der Waals surface area contributed by atoms with Gasteiger partial charge in [-0.2, -0.15) is 0 Å². The van der Waals surface area contributed by atoms with Crippen LogP contribution in [0.15, 0.2) is 71.1 Å². The molecule has 30 heavy (non-hydrogen) atoms. The Bertz CT molecular complexity index is 1150. The van der Waals surface area contributed by atoms with Crippen LogP contribution in [-0.2, 0) is 11.3 Å². The number of nitrogens with zero attached hydrogens (tertiary/aromatic N) is 3. The fourth-order valence-electron chi connectivity index (χ4n) is 3.39. The van der Waals surface area contributed by atoms with Crippen LogP contribution in [0.3, 0.4) is 0 Å². The van der Waals surface area contributed by atoms with Crippen LogP contribution >= 0.6 is 0 Å². The first-order chi connectivity index (χ1) is 14.5. The molecule has 2 aromatic heterocycles. The third-order valence-electron chi connectivity index (χ3n) is 5.07. The Labute approximate surface area is 175 Å². The lowest BCUT2D eigenvalue weighted by molar-refractivity contribution is 0.0279. The van der Waals surface area contributed by atoms with E-state index in [1.54, 1.807) is 6.92 Å². The van der Waals surface area contributed by atoms with Gasteiger partial charge in [0, 0.05) is 23.5 Å². The van der Waals surface area contributed by atoms with Crippen molar-refractivity contribution in [2.45, 2.75) is 33.4 Å². The van der Waals surface area contributed by atoms with Crippen molar-refractivity contribution >= 4 is 5.97 Å². The zero-order valence-electron chi connectivity index (χ0n) is 17.2. The summed E-state index contributed by atoms with van der Waals surface area (Å²) in [6, 6.07) is 21.5. The number of aryl methyl sites for hydroxylation is 1. The number of benzene rings is 2. The second kappa shape index (κ2) is 8.37. The normalized spacial score (nSPS) is 12.0. The molecule has 0 N–H and O–H groups in total. The molecule has 2 aromatic carbocycles. The predicted molar refractivity (Wildman–Crippen MR) is 113 cm³/mol. The summed E-state index contributed by atoms with van der Waals surface area (Å²) >= 11 is 0. The van der Waals surface area contributed by atoms with Gasteiger partial charge < -0.3 is 13.7 Å². The van der Waals surface area contributed by atoms with E-state index in [9.17, 15) is 4.79 Å². The summed E-state index contributed by atoms with van der Waals surface area (Å²) in [5, 5.41) is 8.10. The molecule has 6 nitrogen and oxygen atoms in total. The number of aromatic nitrogens is 3. The molecule has 0 bridgehead atoms. The van der Waals surface area contributed by atoms with Gasteiger partial charge in [-0.3, -0.25) is 0 Å². The number of rotatable bonds is 6. The molecule has 1 atom stereocenters. The molecule has 0 unspecified atom stereocenters. The van der Waals surface area contributed by atoms with Crippen molar-refractivity contribution in [2.75, 3.05) is 0 Å². The van der Waals surface area contributed by atoms with Crippen molar-refractivity contribution < 1.29 is 13.9 Å². The minimum absolute atomic E-state index is 0.264. The van der Waals surface area contributed by atoms with Gasteiger partial charge in [-0.25, -0.2) is 4.79 Å². The Balaban J connectivity index is 1.49. The zero-order valence-corrected chi connectivity index (χ0v) is 17.2. The van der Waals surface area contributed by atoms with Crippen LogP contribution in [0.25, 0.3) is 11.5 Å². The maximum atomic E-state index is 12.8. The molecule has 0 spiro atoms. The quantitative estimate of drug-likeness (QED) is 0.419. The average Bonchev–Trinajstić information content (AvgIpc) is 3.36. The summed E-state index contributed by atoms with van der Waals surface area (Å²) in [5.41, 5.74) is 4.40. The van der Waals surface area contributed by atoms with E-state index in [0.29, 0.717) is 18.0 Å². The van der Waals surface area contributed by atoms with E-state index in [1.165, 1.54) is 5.56 Å². The molecule has 6 heteroatoms. The Kier molecular flexibility index (Phi) is 5.48. The van der Waals surface area contributed by atoms with Gasteiger partial charge in [0.1, 0.15) is 0 Å². The van der Waals surface area contributed by atoms with E-state index in [4.69, 9.17) is 9.15 Å². The standard InChI is InChI=1S/C24H23N3O3/c1-16-14-21(17(2)27(16)15-19-10-6-4-7-11-19)24(28)29-18(3)22-25-26-23(30-22)20-12-8-5-9-13-20/h4-14,18H,15H2,1-3H3/t18-/m1/s1.